The van der Waals surface area contributed by atoms with E-state index in [-0.39, 0.29) is 5.78 Å². The van der Waals surface area contributed by atoms with Gasteiger partial charge in [-0.1, -0.05) is 68.1 Å². The molecule has 2 aromatic rings. The molecule has 0 saturated carbocycles. The second-order valence-electron chi connectivity index (χ2n) is 7.92. The van der Waals surface area contributed by atoms with Crippen molar-refractivity contribution in [1.82, 2.24) is 10.2 Å². The van der Waals surface area contributed by atoms with Crippen molar-refractivity contribution in [2.24, 2.45) is 5.73 Å². The minimum atomic E-state index is -0.442. The first-order chi connectivity index (χ1) is 15.0. The van der Waals surface area contributed by atoms with Crippen molar-refractivity contribution < 1.29 is 4.79 Å². The predicted octanol–water partition coefficient (Wildman–Crippen LogP) is 5.08. The van der Waals surface area contributed by atoms with E-state index in [0.29, 0.717) is 34.4 Å². The van der Waals surface area contributed by atoms with E-state index < -0.39 is 5.92 Å². The number of aromatic nitrogens is 2. The standard InChI is InChI=1S/C23H25N5OS2/c1-4-30-23-27-26-22(31-23)28-17-6-5-7-18(29)20(17)19(16(12-24)21(28)25)15-10-8-14(9-11-15)13(2)3/h8-11,13,19H,4-7,25H2,1-3H3. The zero-order valence-corrected chi connectivity index (χ0v) is 19.5. The van der Waals surface area contributed by atoms with E-state index in [1.165, 1.54) is 16.9 Å². The lowest BCUT2D eigenvalue weighted by Crippen LogP contribution is -2.38. The minimum absolute atomic E-state index is 0.0807. The van der Waals surface area contributed by atoms with Gasteiger partial charge in [-0.2, -0.15) is 5.26 Å². The average molecular weight is 452 g/mol. The number of ketones is 1. The lowest BCUT2D eigenvalue weighted by Gasteiger charge is -2.38. The summed E-state index contributed by atoms with van der Waals surface area (Å²) < 4.78 is 0.847. The number of nitrogens with two attached hydrogens (primary N) is 1. The molecule has 1 atom stereocenters. The number of Topliss-reactive ketones (excluding diaryl/α,β-unsaturated/α-hetero) is 1. The van der Waals surface area contributed by atoms with Gasteiger partial charge in [0.2, 0.25) is 5.13 Å². The molecule has 31 heavy (non-hydrogen) atoms. The molecule has 2 N–H and O–H groups in total. The predicted molar refractivity (Wildman–Crippen MR) is 125 cm³/mol. The maximum absolute atomic E-state index is 13.1. The van der Waals surface area contributed by atoms with Crippen LogP contribution in [-0.2, 0) is 4.79 Å². The summed E-state index contributed by atoms with van der Waals surface area (Å²) in [5, 5.41) is 19.3. The van der Waals surface area contributed by atoms with E-state index in [4.69, 9.17) is 5.73 Å². The fraction of sp³-hybridized carbons (Fsp3) is 0.391. The molecule has 0 fully saturated rings. The summed E-state index contributed by atoms with van der Waals surface area (Å²) in [6.45, 7) is 6.35. The van der Waals surface area contributed by atoms with Gasteiger partial charge in [-0.15, -0.1) is 10.2 Å². The minimum Gasteiger partial charge on any atom is -0.384 e. The van der Waals surface area contributed by atoms with Crippen LogP contribution in [0.3, 0.4) is 0 Å². The second kappa shape index (κ2) is 8.85. The van der Waals surface area contributed by atoms with Gasteiger partial charge in [0.15, 0.2) is 10.1 Å². The van der Waals surface area contributed by atoms with Crippen LogP contribution in [0.25, 0.3) is 0 Å². The van der Waals surface area contributed by atoms with Crippen molar-refractivity contribution >= 4 is 34.0 Å². The second-order valence-corrected chi connectivity index (χ2v) is 10.4. The van der Waals surface area contributed by atoms with Crippen molar-refractivity contribution in [3.63, 3.8) is 0 Å². The van der Waals surface area contributed by atoms with Crippen LogP contribution in [0, 0.1) is 11.3 Å². The summed E-state index contributed by atoms with van der Waals surface area (Å²) in [5.41, 5.74) is 10.6. The zero-order chi connectivity index (χ0) is 22.1. The fourth-order valence-electron chi connectivity index (χ4n) is 4.19. The molecule has 160 valence electrons. The van der Waals surface area contributed by atoms with E-state index >= 15 is 0 Å². The number of allylic oxidation sites excluding steroid dienone is 3. The molecule has 6 nitrogen and oxygen atoms in total. The fourth-order valence-corrected chi connectivity index (χ4v) is 5.96. The monoisotopic (exact) mass is 451 g/mol. The van der Waals surface area contributed by atoms with Gasteiger partial charge in [-0.25, -0.2) is 0 Å². The van der Waals surface area contributed by atoms with E-state index in [1.54, 1.807) is 16.7 Å². The molecule has 1 aromatic heterocycles. The molecule has 1 aliphatic carbocycles. The van der Waals surface area contributed by atoms with Crippen LogP contribution < -0.4 is 10.6 Å². The SMILES string of the molecule is CCSc1nnc(N2C(N)=C(C#N)C(c3ccc(C(C)C)cc3)C3=C2CCCC3=O)s1. The third-order valence-electron chi connectivity index (χ3n) is 5.70. The van der Waals surface area contributed by atoms with Crippen molar-refractivity contribution in [3.05, 3.63) is 58.1 Å². The molecule has 0 saturated heterocycles. The van der Waals surface area contributed by atoms with E-state index in [1.807, 2.05) is 12.1 Å². The normalized spacial score (nSPS) is 19.1. The Balaban J connectivity index is 1.87. The summed E-state index contributed by atoms with van der Waals surface area (Å²) in [6, 6.07) is 10.5. The molecule has 8 heteroatoms. The Labute approximate surface area is 190 Å². The maximum atomic E-state index is 13.1. The van der Waals surface area contributed by atoms with Crippen molar-refractivity contribution in [2.45, 2.75) is 56.2 Å². The van der Waals surface area contributed by atoms with Gasteiger partial charge in [0.05, 0.1) is 17.6 Å². The maximum Gasteiger partial charge on any atom is 0.219 e. The average Bonchev–Trinajstić information content (AvgIpc) is 3.21. The molecule has 0 spiro atoms. The summed E-state index contributed by atoms with van der Waals surface area (Å²) >= 11 is 3.05. The van der Waals surface area contributed by atoms with E-state index in [9.17, 15) is 10.1 Å². The molecule has 1 unspecified atom stereocenters. The highest BCUT2D eigenvalue weighted by Crippen LogP contribution is 2.47. The Morgan fingerprint density at radius 1 is 1.29 bits per heavy atom. The lowest BCUT2D eigenvalue weighted by molar-refractivity contribution is -0.116. The molecule has 2 aliphatic rings. The topological polar surface area (TPSA) is 95.9 Å². The summed E-state index contributed by atoms with van der Waals surface area (Å²) in [5.74, 6) is 1.29. The lowest BCUT2D eigenvalue weighted by atomic mass is 9.75. The first kappa shape index (κ1) is 21.6. The molecular weight excluding hydrogens is 426 g/mol. The van der Waals surface area contributed by atoms with Gasteiger partial charge >= 0.3 is 0 Å². The Morgan fingerprint density at radius 2 is 2.03 bits per heavy atom. The van der Waals surface area contributed by atoms with E-state index in [0.717, 1.165) is 34.2 Å². The molecule has 0 bridgehead atoms. The van der Waals surface area contributed by atoms with Gasteiger partial charge in [-0.05, 0) is 35.6 Å². The Morgan fingerprint density at radius 3 is 2.68 bits per heavy atom. The van der Waals surface area contributed by atoms with Gasteiger partial charge in [0.1, 0.15) is 5.82 Å². The highest BCUT2D eigenvalue weighted by molar-refractivity contribution is 8.01. The number of carbonyl (C=O) groups excluding carboxylic acids is 1. The van der Waals surface area contributed by atoms with Gasteiger partial charge in [0.25, 0.3) is 0 Å². The number of carbonyl (C=O) groups is 1. The van der Waals surface area contributed by atoms with Crippen LogP contribution in [0.15, 0.2) is 51.3 Å². The molecule has 1 aromatic carbocycles. The largest absolute Gasteiger partial charge is 0.384 e. The number of thioether (sulfide) groups is 1. The van der Waals surface area contributed by atoms with Crippen LogP contribution >= 0.6 is 23.1 Å². The number of hydrogen-bond donors (Lipinski definition) is 1. The van der Waals surface area contributed by atoms with Crippen LogP contribution in [0.5, 0.6) is 0 Å². The quantitative estimate of drug-likeness (QED) is 0.633. The van der Waals surface area contributed by atoms with Crippen LogP contribution in [0.1, 0.15) is 63.0 Å². The number of hydrogen-bond acceptors (Lipinski definition) is 8. The summed E-state index contributed by atoms with van der Waals surface area (Å²) in [7, 11) is 0. The molecule has 2 heterocycles. The van der Waals surface area contributed by atoms with Crippen molar-refractivity contribution in [3.8, 4) is 6.07 Å². The van der Waals surface area contributed by atoms with Gasteiger partial charge in [-0.3, -0.25) is 9.69 Å². The van der Waals surface area contributed by atoms with E-state index in [2.05, 4.69) is 49.2 Å². The number of nitriles is 1. The van der Waals surface area contributed by atoms with Crippen LogP contribution in [-0.4, -0.2) is 21.7 Å². The summed E-state index contributed by atoms with van der Waals surface area (Å²) in [4.78, 5) is 14.9. The number of anilines is 1. The third kappa shape index (κ3) is 3.88. The Kier molecular flexibility index (Phi) is 6.17. The highest BCUT2D eigenvalue weighted by Gasteiger charge is 2.41. The number of rotatable bonds is 5. The Bertz CT molecular complexity index is 1110. The van der Waals surface area contributed by atoms with Crippen LogP contribution in [0.4, 0.5) is 5.13 Å². The van der Waals surface area contributed by atoms with Crippen molar-refractivity contribution in [2.75, 3.05) is 10.7 Å². The molecule has 0 radical (unpaired) electrons. The summed E-state index contributed by atoms with van der Waals surface area (Å²) in [6.07, 6.45) is 1.97. The third-order valence-corrected chi connectivity index (χ3v) is 7.63. The van der Waals surface area contributed by atoms with Crippen LogP contribution in [0.2, 0.25) is 0 Å². The molecule has 4 rings (SSSR count). The first-order valence-electron chi connectivity index (χ1n) is 10.5. The van der Waals surface area contributed by atoms with Gasteiger partial charge in [0, 0.05) is 17.7 Å². The van der Waals surface area contributed by atoms with Gasteiger partial charge < -0.3 is 5.73 Å². The zero-order valence-electron chi connectivity index (χ0n) is 17.9. The smallest absolute Gasteiger partial charge is 0.219 e. The number of benzene rings is 1. The molecule has 1 aliphatic heterocycles. The first-order valence-corrected chi connectivity index (χ1v) is 12.3. The Hall–Kier alpha value is -2.63. The van der Waals surface area contributed by atoms with Crippen molar-refractivity contribution in [1.29, 1.82) is 5.26 Å². The number of nitrogens with zero attached hydrogens (tertiary/aromatic N) is 4. The molecular formula is C23H25N5OS2. The molecule has 0 amide bonds. The highest BCUT2D eigenvalue weighted by atomic mass is 32.2.